The number of rotatable bonds is 0. The Morgan fingerprint density at radius 3 is 1.00 bits per heavy atom. The van der Waals surface area contributed by atoms with E-state index in [0.29, 0.717) is 0 Å². The van der Waals surface area contributed by atoms with Crippen LogP contribution in [-0.4, -0.2) is 15.1 Å². The van der Waals surface area contributed by atoms with Crippen molar-refractivity contribution in [1.82, 2.24) is 0 Å². The second-order valence-corrected chi connectivity index (χ2v) is 2.23. The normalized spacial score (nSPS) is 7.50. The Kier molecular flexibility index (Phi) is 29.7. The van der Waals surface area contributed by atoms with Crippen LogP contribution in [0.2, 0.25) is 0 Å². The quantitative estimate of drug-likeness (QED) is 0.311. The first-order chi connectivity index (χ1) is 2.00. The summed E-state index contributed by atoms with van der Waals surface area (Å²) in [4.78, 5) is 0. The number of hydrogen-bond donors (Lipinski definition) is 0. The van der Waals surface area contributed by atoms with E-state index in [9.17, 15) is 14.0 Å². The van der Waals surface area contributed by atoms with E-state index in [0.717, 1.165) is 0 Å². The molecule has 8 heavy (non-hydrogen) atoms. The summed E-state index contributed by atoms with van der Waals surface area (Å²) in [5, 5.41) is 0. The van der Waals surface area contributed by atoms with E-state index in [1.165, 1.54) is 0 Å². The molecule has 0 aliphatic rings. The molecule has 0 saturated carbocycles. The van der Waals surface area contributed by atoms with Gasteiger partial charge in [-0.25, -0.2) is 0 Å². The van der Waals surface area contributed by atoms with Gasteiger partial charge in [0.15, 0.2) is 0 Å². The van der Waals surface area contributed by atoms with E-state index in [1.54, 1.807) is 0 Å². The standard InChI is InChI=1S/F4Ge.Li.Rb.Sc.2H/c1-5(2,3)4;;;;;/q;2*+1;;2*-1. The predicted molar refractivity (Wildman–Crippen MR) is 12.4 cm³/mol. The minimum atomic E-state index is -7.00. The first-order valence-electron chi connectivity index (χ1n) is 0.756. The van der Waals surface area contributed by atoms with E-state index in [2.05, 4.69) is 0 Å². The summed E-state index contributed by atoms with van der Waals surface area (Å²) in [6.07, 6.45) is 0. The van der Waals surface area contributed by atoms with Crippen molar-refractivity contribution >= 4 is 15.1 Å². The second-order valence-electron chi connectivity index (χ2n) is 0.429. The molecule has 0 bridgehead atoms. The van der Waals surface area contributed by atoms with Crippen molar-refractivity contribution in [2.24, 2.45) is 0 Å². The Labute approximate surface area is 132 Å². The minimum absolute atomic E-state index is 0. The van der Waals surface area contributed by atoms with Crippen molar-refractivity contribution in [3.8, 4) is 0 Å². The van der Waals surface area contributed by atoms with E-state index in [-0.39, 0.29) is 106 Å². The summed E-state index contributed by atoms with van der Waals surface area (Å²) in [5.41, 5.74) is 0. The zero-order valence-electron chi connectivity index (χ0n) is 6.59. The number of halogens is 4. The molecule has 39 valence electrons. The van der Waals surface area contributed by atoms with Crippen molar-refractivity contribution in [3.63, 3.8) is 0 Å². The fourth-order valence-electron chi connectivity index (χ4n) is 0. The van der Waals surface area contributed by atoms with Crippen molar-refractivity contribution in [2.75, 3.05) is 0 Å². The molecular weight excluding hydrogens is 286 g/mol. The maximum absolute atomic E-state index is 9.88. The smallest absolute Gasteiger partial charge is 1.00 e. The monoisotopic (exact) mass is 289 g/mol. The van der Waals surface area contributed by atoms with Crippen molar-refractivity contribution < 1.29 is 120 Å². The molecule has 0 atom stereocenters. The van der Waals surface area contributed by atoms with Crippen LogP contribution in [0.4, 0.5) is 14.0 Å². The van der Waals surface area contributed by atoms with Crippen LogP contribution in [0.15, 0.2) is 0 Å². The van der Waals surface area contributed by atoms with Crippen LogP contribution in [0.5, 0.6) is 0 Å². The van der Waals surface area contributed by atoms with Crippen LogP contribution in [0.3, 0.4) is 0 Å². The van der Waals surface area contributed by atoms with Gasteiger partial charge in [-0.15, -0.1) is 0 Å². The summed E-state index contributed by atoms with van der Waals surface area (Å²) in [6.45, 7) is 0. The van der Waals surface area contributed by atoms with Crippen molar-refractivity contribution in [2.45, 2.75) is 0 Å². The van der Waals surface area contributed by atoms with Gasteiger partial charge < -0.3 is 2.85 Å². The van der Waals surface area contributed by atoms with Gasteiger partial charge in [0.2, 0.25) is 0 Å². The van der Waals surface area contributed by atoms with Gasteiger partial charge in [-0.05, 0) is 0 Å². The van der Waals surface area contributed by atoms with E-state index < -0.39 is 15.1 Å². The second kappa shape index (κ2) is 10.5. The molecule has 0 nitrogen and oxygen atoms in total. The molecule has 0 aliphatic heterocycles. The Morgan fingerprint density at radius 2 is 1.00 bits per heavy atom. The third-order valence-electron chi connectivity index (χ3n) is 0. The Morgan fingerprint density at radius 1 is 1.00 bits per heavy atom. The maximum Gasteiger partial charge on any atom is 1.00 e. The summed E-state index contributed by atoms with van der Waals surface area (Å²) < 4.78 is 39.5. The molecule has 0 amide bonds. The van der Waals surface area contributed by atoms with Crippen LogP contribution in [-0.2, 0) is 25.8 Å². The zero-order valence-corrected chi connectivity index (χ0v) is 13.4. The fourth-order valence-corrected chi connectivity index (χ4v) is 0. The van der Waals surface area contributed by atoms with E-state index in [1.807, 2.05) is 0 Å². The van der Waals surface area contributed by atoms with Gasteiger partial charge in [0, 0.05) is 25.8 Å². The molecule has 1 radical (unpaired) electrons. The molecule has 0 aromatic rings. The van der Waals surface area contributed by atoms with Crippen LogP contribution in [0.25, 0.3) is 0 Å². The van der Waals surface area contributed by atoms with Crippen LogP contribution in [0, 0.1) is 0 Å². The average molecular weight is 288 g/mol. The predicted octanol–water partition coefficient (Wildman–Crippen LogP) is -4.47. The molecular formula is H2F4GeLiRbSc. The first kappa shape index (κ1) is 22.5. The molecule has 0 N–H and O–H groups in total. The SMILES string of the molecule is [F][Ge]([F])([F])[F].[H-].[H-].[Li+].[Rb+].[Sc]. The zero-order chi connectivity index (χ0) is 4.50. The largest absolute Gasteiger partial charge is 1.00 e. The molecule has 0 heterocycles. The molecule has 0 spiro atoms. The van der Waals surface area contributed by atoms with Crippen LogP contribution >= 0.6 is 0 Å². The van der Waals surface area contributed by atoms with Gasteiger partial charge >= 0.3 is 106 Å². The third kappa shape index (κ3) is 55.6. The molecule has 0 rings (SSSR count). The van der Waals surface area contributed by atoms with Crippen molar-refractivity contribution in [3.05, 3.63) is 0 Å². The molecule has 0 aromatic carbocycles. The molecule has 0 aliphatic carbocycles. The van der Waals surface area contributed by atoms with Gasteiger partial charge in [0.1, 0.15) is 0 Å². The third-order valence-corrected chi connectivity index (χ3v) is 0. The Hall–Kier alpha value is 3.54. The molecule has 8 heteroatoms. The van der Waals surface area contributed by atoms with E-state index >= 15 is 0 Å². The summed E-state index contributed by atoms with van der Waals surface area (Å²) in [7, 11) is 0. The van der Waals surface area contributed by atoms with Gasteiger partial charge in [0.25, 0.3) is 0 Å². The number of hydrogen-bond acceptors (Lipinski definition) is 0. The maximum atomic E-state index is 9.88. The van der Waals surface area contributed by atoms with Crippen molar-refractivity contribution in [1.29, 1.82) is 0 Å². The average Bonchev–Trinajstić information content (AvgIpc) is 0.722. The summed E-state index contributed by atoms with van der Waals surface area (Å²) in [6, 6.07) is 0. The summed E-state index contributed by atoms with van der Waals surface area (Å²) in [5.74, 6) is 0. The molecule has 0 unspecified atom stereocenters. The minimum Gasteiger partial charge on any atom is -1.00 e. The van der Waals surface area contributed by atoms with Gasteiger partial charge in [-0.2, -0.15) is 0 Å². The molecule has 0 fully saturated rings. The Bertz CT molecular complexity index is 38.7. The fraction of sp³-hybridized carbons (Fsp3) is 0. The van der Waals surface area contributed by atoms with Gasteiger partial charge in [-0.3, -0.25) is 0 Å². The topological polar surface area (TPSA) is 0 Å². The first-order valence-corrected chi connectivity index (χ1v) is 3.93. The van der Waals surface area contributed by atoms with E-state index in [4.69, 9.17) is 0 Å². The van der Waals surface area contributed by atoms with Gasteiger partial charge in [-0.1, -0.05) is 0 Å². The van der Waals surface area contributed by atoms with Crippen LogP contribution in [0.1, 0.15) is 2.85 Å². The van der Waals surface area contributed by atoms with Gasteiger partial charge in [0.05, 0.1) is 0 Å². The molecule has 0 saturated heterocycles. The Balaban J connectivity index is -0.00000000800. The van der Waals surface area contributed by atoms with Crippen LogP contribution < -0.4 is 77.0 Å². The molecule has 0 aromatic heterocycles. The summed E-state index contributed by atoms with van der Waals surface area (Å²) >= 11 is -7.00.